The maximum atomic E-state index is 15.0. The highest BCUT2D eigenvalue weighted by Gasteiger charge is 2.36. The minimum absolute atomic E-state index is 0.0571. The second-order valence-electron chi connectivity index (χ2n) is 9.89. The monoisotopic (exact) mass is 540 g/mol. The highest BCUT2D eigenvalue weighted by Crippen LogP contribution is 2.30. The molecule has 2 aromatic carbocycles. The SMILES string of the molecule is O=C(Cc1nnc(CCc2ccc(Cl)cc2)s1)C1CC(=O)N(c2ccc(CN3CCCCC3)cc2F)C1. The summed E-state index contributed by atoms with van der Waals surface area (Å²) in [5.74, 6) is -1.16. The normalized spacial score (nSPS) is 18.5. The van der Waals surface area contributed by atoms with Crippen molar-refractivity contribution < 1.29 is 14.0 Å². The molecule has 5 rings (SSSR count). The van der Waals surface area contributed by atoms with Gasteiger partial charge in [-0.1, -0.05) is 36.2 Å². The fourth-order valence-electron chi connectivity index (χ4n) is 5.06. The lowest BCUT2D eigenvalue weighted by Crippen LogP contribution is -2.29. The van der Waals surface area contributed by atoms with Crippen LogP contribution in [-0.4, -0.2) is 46.4 Å². The summed E-state index contributed by atoms with van der Waals surface area (Å²) in [5.41, 5.74) is 2.32. The molecule has 0 spiro atoms. The number of amides is 1. The Labute approximate surface area is 225 Å². The predicted octanol–water partition coefficient (Wildman–Crippen LogP) is 5.27. The lowest BCUT2D eigenvalue weighted by atomic mass is 10.0. The van der Waals surface area contributed by atoms with E-state index in [1.807, 2.05) is 30.3 Å². The first-order valence-corrected chi connectivity index (χ1v) is 14.0. The number of anilines is 1. The maximum absolute atomic E-state index is 15.0. The van der Waals surface area contributed by atoms with Crippen molar-refractivity contribution in [2.24, 2.45) is 5.92 Å². The molecular weight excluding hydrogens is 511 g/mol. The van der Waals surface area contributed by atoms with Crippen molar-refractivity contribution in [2.75, 3.05) is 24.5 Å². The summed E-state index contributed by atoms with van der Waals surface area (Å²) in [7, 11) is 0. The van der Waals surface area contributed by atoms with Crippen molar-refractivity contribution in [3.05, 3.63) is 74.4 Å². The Morgan fingerprint density at radius 1 is 1.00 bits per heavy atom. The van der Waals surface area contributed by atoms with Gasteiger partial charge in [-0.15, -0.1) is 21.5 Å². The number of likely N-dealkylation sites (tertiary alicyclic amines) is 1. The summed E-state index contributed by atoms with van der Waals surface area (Å²) in [6, 6.07) is 12.8. The molecule has 194 valence electrons. The highest BCUT2D eigenvalue weighted by molar-refractivity contribution is 7.11. The van der Waals surface area contributed by atoms with Crippen molar-refractivity contribution in [1.82, 2.24) is 15.1 Å². The van der Waals surface area contributed by atoms with Gasteiger partial charge >= 0.3 is 0 Å². The quantitative estimate of drug-likeness (QED) is 0.370. The summed E-state index contributed by atoms with van der Waals surface area (Å²) >= 11 is 7.36. The van der Waals surface area contributed by atoms with Crippen LogP contribution in [0.15, 0.2) is 42.5 Å². The Morgan fingerprint density at radius 2 is 1.73 bits per heavy atom. The molecule has 1 amide bonds. The Balaban J connectivity index is 1.15. The van der Waals surface area contributed by atoms with Crippen molar-refractivity contribution >= 4 is 40.3 Å². The second-order valence-corrected chi connectivity index (χ2v) is 11.5. The highest BCUT2D eigenvalue weighted by atomic mass is 35.5. The average molecular weight is 541 g/mol. The van der Waals surface area contributed by atoms with Crippen LogP contribution in [0.25, 0.3) is 0 Å². The summed E-state index contributed by atoms with van der Waals surface area (Å²) in [6.07, 6.45) is 5.40. The zero-order valence-corrected chi connectivity index (χ0v) is 22.2. The minimum atomic E-state index is -0.471. The molecule has 9 heteroatoms. The van der Waals surface area contributed by atoms with E-state index in [-0.39, 0.29) is 36.8 Å². The van der Waals surface area contributed by atoms with Gasteiger partial charge in [0.15, 0.2) is 0 Å². The lowest BCUT2D eigenvalue weighted by molar-refractivity contribution is -0.124. The number of halogens is 2. The van der Waals surface area contributed by atoms with E-state index in [2.05, 4.69) is 15.1 Å². The van der Waals surface area contributed by atoms with Gasteiger partial charge in [-0.25, -0.2) is 4.39 Å². The van der Waals surface area contributed by atoms with E-state index in [9.17, 15) is 9.59 Å². The molecule has 0 saturated carbocycles. The number of hydrogen-bond donors (Lipinski definition) is 0. The molecule has 1 aromatic heterocycles. The van der Waals surface area contributed by atoms with E-state index in [0.29, 0.717) is 10.0 Å². The summed E-state index contributed by atoms with van der Waals surface area (Å²) in [5, 5.41) is 10.6. The molecule has 2 aliphatic rings. The third-order valence-electron chi connectivity index (χ3n) is 7.11. The van der Waals surface area contributed by atoms with Crippen LogP contribution in [0.4, 0.5) is 10.1 Å². The van der Waals surface area contributed by atoms with E-state index >= 15 is 4.39 Å². The zero-order valence-electron chi connectivity index (χ0n) is 20.7. The van der Waals surface area contributed by atoms with Gasteiger partial charge in [-0.05, 0) is 67.7 Å². The van der Waals surface area contributed by atoms with Crippen LogP contribution < -0.4 is 4.90 Å². The zero-order chi connectivity index (χ0) is 25.8. The van der Waals surface area contributed by atoms with Gasteiger partial charge in [0.1, 0.15) is 21.6 Å². The number of Topliss-reactive ketones (excluding diaryl/α,β-unsaturated/α-hetero) is 1. The van der Waals surface area contributed by atoms with Gasteiger partial charge in [-0.2, -0.15) is 0 Å². The largest absolute Gasteiger partial charge is 0.309 e. The second kappa shape index (κ2) is 11.8. The first-order valence-electron chi connectivity index (χ1n) is 12.8. The van der Waals surface area contributed by atoms with Crippen molar-refractivity contribution in [3.8, 4) is 0 Å². The van der Waals surface area contributed by atoms with E-state index in [4.69, 9.17) is 11.6 Å². The molecule has 3 aromatic rings. The summed E-state index contributed by atoms with van der Waals surface area (Å²) in [6.45, 7) is 2.99. The topological polar surface area (TPSA) is 66.4 Å². The number of rotatable bonds is 9. The number of aromatic nitrogens is 2. The Morgan fingerprint density at radius 3 is 2.49 bits per heavy atom. The third-order valence-corrected chi connectivity index (χ3v) is 8.35. The lowest BCUT2D eigenvalue weighted by Gasteiger charge is -2.26. The Kier molecular flexibility index (Phi) is 8.27. The average Bonchev–Trinajstić information content (AvgIpc) is 3.51. The smallest absolute Gasteiger partial charge is 0.227 e. The van der Waals surface area contributed by atoms with Crippen LogP contribution >= 0.6 is 22.9 Å². The summed E-state index contributed by atoms with van der Waals surface area (Å²) < 4.78 is 15.0. The number of benzene rings is 2. The van der Waals surface area contributed by atoms with Gasteiger partial charge < -0.3 is 4.90 Å². The van der Waals surface area contributed by atoms with Gasteiger partial charge in [0.2, 0.25) is 5.91 Å². The number of ketones is 1. The molecule has 0 bridgehead atoms. The third kappa shape index (κ3) is 6.61. The first-order chi connectivity index (χ1) is 17.9. The molecule has 1 unspecified atom stereocenters. The molecule has 37 heavy (non-hydrogen) atoms. The number of nitrogens with zero attached hydrogens (tertiary/aromatic N) is 4. The molecule has 2 aliphatic heterocycles. The van der Waals surface area contributed by atoms with Crippen LogP contribution in [-0.2, 0) is 35.4 Å². The Bertz CT molecular complexity index is 1260. The predicted molar refractivity (Wildman–Crippen MR) is 143 cm³/mol. The molecule has 0 aliphatic carbocycles. The maximum Gasteiger partial charge on any atom is 0.227 e. The van der Waals surface area contributed by atoms with Crippen molar-refractivity contribution in [1.29, 1.82) is 0 Å². The number of piperidine rings is 1. The molecule has 2 fully saturated rings. The van der Waals surface area contributed by atoms with E-state index in [0.717, 1.165) is 48.6 Å². The number of carbonyl (C=O) groups is 2. The van der Waals surface area contributed by atoms with Crippen LogP contribution in [0, 0.1) is 11.7 Å². The molecule has 0 radical (unpaired) electrons. The van der Waals surface area contributed by atoms with Crippen LogP contribution in [0.5, 0.6) is 0 Å². The molecule has 2 saturated heterocycles. The summed E-state index contributed by atoms with van der Waals surface area (Å²) in [4.78, 5) is 29.4. The van der Waals surface area contributed by atoms with Gasteiger partial charge in [0.25, 0.3) is 0 Å². The number of aryl methyl sites for hydroxylation is 2. The number of hydrogen-bond acceptors (Lipinski definition) is 6. The minimum Gasteiger partial charge on any atom is -0.309 e. The number of carbonyl (C=O) groups excluding carboxylic acids is 2. The molecule has 6 nitrogen and oxygen atoms in total. The molecule has 1 atom stereocenters. The van der Waals surface area contributed by atoms with Gasteiger partial charge in [0.05, 0.1) is 12.1 Å². The fraction of sp³-hybridized carbons (Fsp3) is 0.429. The standard InChI is InChI=1S/C28H30ClFN4O2S/c29-22-8-4-19(5-9-22)7-11-26-31-32-27(37-26)16-25(35)21-15-28(36)34(18-21)24-10-6-20(14-23(24)30)17-33-12-2-1-3-13-33/h4-6,8-10,14,21H,1-3,7,11-13,15-18H2. The van der Waals surface area contributed by atoms with Crippen molar-refractivity contribution in [3.63, 3.8) is 0 Å². The van der Waals surface area contributed by atoms with Gasteiger partial charge in [-0.3, -0.25) is 14.5 Å². The van der Waals surface area contributed by atoms with Crippen LogP contribution in [0.1, 0.15) is 46.8 Å². The molecule has 3 heterocycles. The van der Waals surface area contributed by atoms with E-state index in [1.165, 1.54) is 41.6 Å². The molecule has 0 N–H and O–H groups in total. The van der Waals surface area contributed by atoms with Crippen LogP contribution in [0.2, 0.25) is 5.02 Å². The first kappa shape index (κ1) is 25.9. The van der Waals surface area contributed by atoms with E-state index in [1.54, 1.807) is 6.07 Å². The van der Waals surface area contributed by atoms with Crippen molar-refractivity contribution in [2.45, 2.75) is 51.5 Å². The molecular formula is C28H30ClFN4O2S. The van der Waals surface area contributed by atoms with E-state index < -0.39 is 11.7 Å². The Hall–Kier alpha value is -2.68. The van der Waals surface area contributed by atoms with Gasteiger partial charge in [0, 0.05) is 36.9 Å². The fourth-order valence-corrected chi connectivity index (χ4v) is 6.04. The van der Waals surface area contributed by atoms with Crippen LogP contribution in [0.3, 0.4) is 0 Å².